The van der Waals surface area contributed by atoms with Crippen molar-refractivity contribution in [3.63, 3.8) is 0 Å². The molecule has 1 aliphatic heterocycles. The van der Waals surface area contributed by atoms with Crippen molar-refractivity contribution in [1.82, 2.24) is 9.72 Å². The van der Waals surface area contributed by atoms with Gasteiger partial charge in [-0.2, -0.15) is 0 Å². The van der Waals surface area contributed by atoms with E-state index in [1.165, 1.54) is 6.26 Å². The largest absolute Gasteiger partial charge is 0.471 e. The summed E-state index contributed by atoms with van der Waals surface area (Å²) in [6.45, 7) is 0.662. The summed E-state index contributed by atoms with van der Waals surface area (Å²) >= 11 is 0. The molecule has 0 unspecified atom stereocenters. The highest BCUT2D eigenvalue weighted by atomic mass is 16.6. The average molecular weight is 325 g/mol. The van der Waals surface area contributed by atoms with Crippen LogP contribution in [-0.2, 0) is 4.74 Å². The fourth-order valence-electron chi connectivity index (χ4n) is 2.58. The molecule has 4 rings (SSSR count). The number of carbonyl (C=O) groups is 1. The van der Waals surface area contributed by atoms with Crippen LogP contribution in [0.25, 0.3) is 5.69 Å². The van der Waals surface area contributed by atoms with Gasteiger partial charge in [0.1, 0.15) is 12.9 Å². The van der Waals surface area contributed by atoms with E-state index in [4.69, 9.17) is 9.47 Å². The molecule has 1 aliphatic rings. The SMILES string of the molecule is O=C1O[C@@H](COc2ccon2)CN1c1ccc(-n2cccc2)cc1. The van der Waals surface area contributed by atoms with Crippen molar-refractivity contribution in [1.29, 1.82) is 0 Å². The van der Waals surface area contributed by atoms with E-state index in [0.717, 1.165) is 11.4 Å². The van der Waals surface area contributed by atoms with Crippen LogP contribution >= 0.6 is 0 Å². The maximum Gasteiger partial charge on any atom is 0.414 e. The van der Waals surface area contributed by atoms with Crippen molar-refractivity contribution in [3.05, 3.63) is 61.1 Å². The van der Waals surface area contributed by atoms with Crippen molar-refractivity contribution < 1.29 is 18.8 Å². The first kappa shape index (κ1) is 14.4. The van der Waals surface area contributed by atoms with Gasteiger partial charge in [0.05, 0.1) is 6.54 Å². The third kappa shape index (κ3) is 2.83. The van der Waals surface area contributed by atoms with Crippen LogP contribution in [-0.4, -0.2) is 35.1 Å². The van der Waals surface area contributed by atoms with Crippen LogP contribution in [0.2, 0.25) is 0 Å². The van der Waals surface area contributed by atoms with Crippen molar-refractivity contribution in [2.45, 2.75) is 6.10 Å². The Morgan fingerprint density at radius 2 is 1.88 bits per heavy atom. The van der Waals surface area contributed by atoms with Gasteiger partial charge in [0.25, 0.3) is 5.88 Å². The Labute approximate surface area is 138 Å². The fraction of sp³-hybridized carbons (Fsp3) is 0.176. The molecule has 1 amide bonds. The van der Waals surface area contributed by atoms with Crippen LogP contribution in [0.4, 0.5) is 10.5 Å². The van der Waals surface area contributed by atoms with Crippen LogP contribution in [0.5, 0.6) is 5.88 Å². The molecule has 0 spiro atoms. The molecular formula is C17H15N3O4. The summed E-state index contributed by atoms with van der Waals surface area (Å²) in [6.07, 6.45) is 4.64. The van der Waals surface area contributed by atoms with Gasteiger partial charge in [-0.1, -0.05) is 0 Å². The Bertz CT molecular complexity index is 797. The van der Waals surface area contributed by atoms with E-state index in [1.54, 1.807) is 11.0 Å². The molecule has 3 aromatic rings. The van der Waals surface area contributed by atoms with Gasteiger partial charge in [0.15, 0.2) is 6.10 Å². The lowest BCUT2D eigenvalue weighted by Gasteiger charge is -2.14. The van der Waals surface area contributed by atoms with E-state index in [0.29, 0.717) is 12.4 Å². The molecule has 1 aromatic carbocycles. The van der Waals surface area contributed by atoms with Crippen LogP contribution in [0, 0.1) is 0 Å². The Morgan fingerprint density at radius 1 is 1.12 bits per heavy atom. The predicted molar refractivity (Wildman–Crippen MR) is 85.4 cm³/mol. The van der Waals surface area contributed by atoms with Gasteiger partial charge in [0.2, 0.25) is 0 Å². The number of anilines is 1. The van der Waals surface area contributed by atoms with Gasteiger partial charge in [-0.15, -0.1) is 0 Å². The minimum absolute atomic E-state index is 0.232. The Morgan fingerprint density at radius 3 is 2.58 bits per heavy atom. The van der Waals surface area contributed by atoms with Crippen LogP contribution < -0.4 is 9.64 Å². The van der Waals surface area contributed by atoms with E-state index in [1.807, 2.05) is 53.4 Å². The number of ether oxygens (including phenoxy) is 2. The van der Waals surface area contributed by atoms with Gasteiger partial charge in [-0.05, 0) is 41.6 Å². The van der Waals surface area contributed by atoms with Gasteiger partial charge >= 0.3 is 6.09 Å². The smallest absolute Gasteiger partial charge is 0.414 e. The number of aromatic nitrogens is 2. The standard InChI is InChI=1S/C17H15N3O4/c21-17-20(11-15(24-17)12-22-16-7-10-23-18-16)14-5-3-13(4-6-14)19-8-1-2-9-19/h1-10,15H,11-12H2/t15-/m1/s1. The molecule has 7 nitrogen and oxygen atoms in total. The van der Waals surface area contributed by atoms with Gasteiger partial charge < -0.3 is 18.6 Å². The van der Waals surface area contributed by atoms with Crippen LogP contribution in [0.15, 0.2) is 65.6 Å². The molecule has 0 saturated carbocycles. The number of nitrogens with zero attached hydrogens (tertiary/aromatic N) is 3. The minimum Gasteiger partial charge on any atom is -0.471 e. The summed E-state index contributed by atoms with van der Waals surface area (Å²) in [5, 5.41) is 3.65. The van der Waals surface area contributed by atoms with Gasteiger partial charge in [-0.25, -0.2) is 4.79 Å². The minimum atomic E-state index is -0.377. The first-order chi connectivity index (χ1) is 11.8. The zero-order chi connectivity index (χ0) is 16.4. The number of benzene rings is 1. The molecule has 2 aromatic heterocycles. The number of hydrogen-bond acceptors (Lipinski definition) is 5. The zero-order valence-electron chi connectivity index (χ0n) is 12.7. The molecule has 0 N–H and O–H groups in total. The third-order valence-electron chi connectivity index (χ3n) is 3.77. The van der Waals surface area contributed by atoms with Crippen molar-refractivity contribution in [3.8, 4) is 11.6 Å². The number of carbonyl (C=O) groups excluding carboxylic acids is 1. The first-order valence-corrected chi connectivity index (χ1v) is 7.54. The van der Waals surface area contributed by atoms with Crippen molar-refractivity contribution in [2.75, 3.05) is 18.1 Å². The molecule has 122 valence electrons. The van der Waals surface area contributed by atoms with Gasteiger partial charge in [0, 0.05) is 29.8 Å². The molecule has 1 saturated heterocycles. The molecule has 7 heteroatoms. The zero-order valence-corrected chi connectivity index (χ0v) is 12.7. The normalized spacial score (nSPS) is 17.1. The van der Waals surface area contributed by atoms with Crippen LogP contribution in [0.1, 0.15) is 0 Å². The number of cyclic esters (lactones) is 1. The molecule has 0 aliphatic carbocycles. The second-order valence-corrected chi connectivity index (χ2v) is 5.37. The molecule has 0 bridgehead atoms. The topological polar surface area (TPSA) is 69.7 Å². The second-order valence-electron chi connectivity index (χ2n) is 5.37. The lowest BCUT2D eigenvalue weighted by atomic mass is 10.2. The summed E-state index contributed by atoms with van der Waals surface area (Å²) in [5.74, 6) is 0.376. The molecular weight excluding hydrogens is 310 g/mol. The van der Waals surface area contributed by atoms with Crippen molar-refractivity contribution in [2.24, 2.45) is 0 Å². The molecule has 3 heterocycles. The number of rotatable bonds is 5. The maximum atomic E-state index is 12.1. The monoisotopic (exact) mass is 325 g/mol. The lowest BCUT2D eigenvalue weighted by Crippen LogP contribution is -2.26. The average Bonchev–Trinajstić information content (AvgIpc) is 3.35. The van der Waals surface area contributed by atoms with E-state index < -0.39 is 0 Å². The third-order valence-corrected chi connectivity index (χ3v) is 3.77. The van der Waals surface area contributed by atoms with E-state index in [2.05, 4.69) is 9.68 Å². The molecule has 0 radical (unpaired) electrons. The maximum absolute atomic E-state index is 12.1. The highest BCUT2D eigenvalue weighted by molar-refractivity contribution is 5.89. The lowest BCUT2D eigenvalue weighted by molar-refractivity contribution is 0.102. The van der Waals surface area contributed by atoms with Crippen LogP contribution in [0.3, 0.4) is 0 Å². The van der Waals surface area contributed by atoms with E-state index in [9.17, 15) is 4.79 Å². The summed E-state index contributed by atoms with van der Waals surface area (Å²) < 4.78 is 17.4. The Hall–Kier alpha value is -3.22. The Balaban J connectivity index is 1.41. The quantitative estimate of drug-likeness (QED) is 0.721. The summed E-state index contributed by atoms with van der Waals surface area (Å²) in [4.78, 5) is 13.7. The first-order valence-electron chi connectivity index (χ1n) is 7.54. The molecule has 24 heavy (non-hydrogen) atoms. The summed E-state index contributed by atoms with van der Waals surface area (Å²) in [5.41, 5.74) is 1.82. The van der Waals surface area contributed by atoms with E-state index in [-0.39, 0.29) is 18.8 Å². The van der Waals surface area contributed by atoms with Crippen molar-refractivity contribution >= 4 is 11.8 Å². The predicted octanol–water partition coefficient (Wildman–Crippen LogP) is 2.87. The Kier molecular flexibility index (Phi) is 3.66. The molecule has 1 fully saturated rings. The number of amides is 1. The highest BCUT2D eigenvalue weighted by Crippen LogP contribution is 2.23. The highest BCUT2D eigenvalue weighted by Gasteiger charge is 2.32. The van der Waals surface area contributed by atoms with E-state index >= 15 is 0 Å². The second kappa shape index (κ2) is 6.11. The number of hydrogen-bond donors (Lipinski definition) is 0. The molecule has 1 atom stereocenters. The summed E-state index contributed by atoms with van der Waals surface area (Å²) in [6, 6.07) is 13.3. The summed E-state index contributed by atoms with van der Waals surface area (Å²) in [7, 11) is 0. The fourth-order valence-corrected chi connectivity index (χ4v) is 2.58. The van der Waals surface area contributed by atoms with Gasteiger partial charge in [-0.3, -0.25) is 4.90 Å².